The topological polar surface area (TPSA) is 149 Å². The Morgan fingerprint density at radius 1 is 0.975 bits per heavy atom. The summed E-state index contributed by atoms with van der Waals surface area (Å²) in [6, 6.07) is 20.1. The molecule has 5 N–H and O–H groups in total. The lowest BCUT2D eigenvalue weighted by molar-refractivity contribution is -0.112. The molecule has 210 valence electrons. The van der Waals surface area contributed by atoms with E-state index in [1.54, 1.807) is 79.7 Å². The van der Waals surface area contributed by atoms with Crippen LogP contribution in [-0.4, -0.2) is 48.8 Å². The van der Waals surface area contributed by atoms with Gasteiger partial charge in [0, 0.05) is 29.5 Å². The zero-order chi connectivity index (χ0) is 28.9. The van der Waals surface area contributed by atoms with Gasteiger partial charge in [-0.15, -0.1) is 0 Å². The normalized spacial score (nSPS) is 12.4. The number of rotatable bonds is 13. The number of nitrogens with two attached hydrogens (primary N) is 1. The van der Waals surface area contributed by atoms with Crippen LogP contribution in [0.4, 0.5) is 21.9 Å². The van der Waals surface area contributed by atoms with Crippen molar-refractivity contribution >= 4 is 34.8 Å². The number of carbonyl (C=O) groups is 3. The maximum Gasteiger partial charge on any atom is 0.412 e. The number of aliphatic hydroxyl groups excluding tert-OH is 1. The van der Waals surface area contributed by atoms with E-state index in [2.05, 4.69) is 10.6 Å². The second kappa shape index (κ2) is 15.1. The van der Waals surface area contributed by atoms with Gasteiger partial charge in [-0.1, -0.05) is 30.3 Å². The van der Waals surface area contributed by atoms with Crippen molar-refractivity contribution in [2.24, 2.45) is 0 Å². The first kappa shape index (κ1) is 29.9. The van der Waals surface area contributed by atoms with E-state index in [1.165, 1.54) is 19.1 Å². The molecule has 0 aliphatic carbocycles. The van der Waals surface area contributed by atoms with Crippen LogP contribution in [-0.2, 0) is 14.3 Å². The number of hydrogen-bond acceptors (Lipinski definition) is 8. The number of carbonyl (C=O) groups excluding carboxylic acids is 3. The van der Waals surface area contributed by atoms with Gasteiger partial charge in [0.2, 0.25) is 5.91 Å². The van der Waals surface area contributed by atoms with Gasteiger partial charge >= 0.3 is 6.09 Å². The Hall–Kier alpha value is -4.67. The fourth-order valence-corrected chi connectivity index (χ4v) is 3.76. The molecule has 0 spiro atoms. The molecule has 0 saturated carbocycles. The summed E-state index contributed by atoms with van der Waals surface area (Å²) >= 11 is 0. The number of para-hydroxylation sites is 3. The molecule has 0 heterocycles. The molecule has 0 fully saturated rings. The van der Waals surface area contributed by atoms with Gasteiger partial charge in [0.05, 0.1) is 18.0 Å². The summed E-state index contributed by atoms with van der Waals surface area (Å²) in [7, 11) is 0. The van der Waals surface area contributed by atoms with Crippen molar-refractivity contribution in [1.29, 1.82) is 0 Å². The van der Waals surface area contributed by atoms with Gasteiger partial charge in [0.15, 0.2) is 11.9 Å². The lowest BCUT2D eigenvalue weighted by Gasteiger charge is -2.27. The lowest BCUT2D eigenvalue weighted by atomic mass is 10.0. The summed E-state index contributed by atoms with van der Waals surface area (Å²) in [6.07, 6.45) is 0.0296. The highest BCUT2D eigenvalue weighted by Crippen LogP contribution is 2.33. The molecule has 40 heavy (non-hydrogen) atoms. The molecule has 0 aromatic heterocycles. The first-order valence-electron chi connectivity index (χ1n) is 12.7. The molecule has 0 bridgehead atoms. The van der Waals surface area contributed by atoms with Crippen molar-refractivity contribution < 1.29 is 33.7 Å². The van der Waals surface area contributed by atoms with Crippen LogP contribution < -0.4 is 21.1 Å². The summed E-state index contributed by atoms with van der Waals surface area (Å²) in [5.74, 6) is -0.181. The van der Waals surface area contributed by atoms with Crippen molar-refractivity contribution in [3.63, 3.8) is 0 Å². The maximum absolute atomic E-state index is 13.0. The highest BCUT2D eigenvalue weighted by molar-refractivity contribution is 6.01. The second-order valence-corrected chi connectivity index (χ2v) is 8.55. The van der Waals surface area contributed by atoms with Crippen LogP contribution in [0, 0.1) is 0 Å². The van der Waals surface area contributed by atoms with Crippen molar-refractivity contribution in [3.8, 4) is 5.75 Å². The third-order valence-corrected chi connectivity index (χ3v) is 5.66. The molecule has 0 radical (unpaired) electrons. The standard InChI is InChI=1S/C30H33N3O7/c1-3-38-27(16-17-28(36)33-25-10-6-5-9-24(25)31)29(23-8-4-7-11-26(23)39-19-18-34)40-30(37)32-22-14-12-21(13-15-22)20(2)35/h4-17,27,29,34H,3,18-19,31H2,1-2H3,(H,32,37)(H,33,36)/b17-16+/t27-,29-/m1/s1. The van der Waals surface area contributed by atoms with E-state index >= 15 is 0 Å². The number of anilines is 3. The zero-order valence-corrected chi connectivity index (χ0v) is 22.3. The first-order valence-corrected chi connectivity index (χ1v) is 12.7. The van der Waals surface area contributed by atoms with Gasteiger partial charge < -0.3 is 30.4 Å². The van der Waals surface area contributed by atoms with Crippen molar-refractivity contribution in [2.75, 3.05) is 36.2 Å². The number of amides is 2. The number of ether oxygens (including phenoxy) is 3. The average molecular weight is 548 g/mol. The fraction of sp³-hybridized carbons (Fsp3) is 0.233. The Bertz CT molecular complexity index is 1320. The molecule has 10 nitrogen and oxygen atoms in total. The molecule has 0 aliphatic heterocycles. The summed E-state index contributed by atoms with van der Waals surface area (Å²) < 4.78 is 17.4. The summed E-state index contributed by atoms with van der Waals surface area (Å²) in [6.45, 7) is 3.28. The number of Topliss-reactive ketones (excluding diaryl/α,β-unsaturated/α-hetero) is 1. The van der Waals surface area contributed by atoms with Crippen molar-refractivity contribution in [1.82, 2.24) is 0 Å². The molecular formula is C30H33N3O7. The van der Waals surface area contributed by atoms with E-state index in [-0.39, 0.29) is 25.6 Å². The number of hydrogen-bond donors (Lipinski definition) is 4. The van der Waals surface area contributed by atoms with E-state index in [1.807, 2.05) is 0 Å². The molecule has 0 unspecified atom stereocenters. The highest BCUT2D eigenvalue weighted by atomic mass is 16.6. The summed E-state index contributed by atoms with van der Waals surface area (Å²) in [5.41, 5.74) is 8.17. The van der Waals surface area contributed by atoms with E-state index in [4.69, 9.17) is 19.9 Å². The smallest absolute Gasteiger partial charge is 0.412 e. The molecule has 3 aromatic rings. The maximum atomic E-state index is 13.0. The number of nitrogens with one attached hydrogen (secondary N) is 2. The molecular weight excluding hydrogens is 514 g/mol. The van der Waals surface area contributed by atoms with Crippen molar-refractivity contribution in [3.05, 3.63) is 96.1 Å². The monoisotopic (exact) mass is 547 g/mol. The fourth-order valence-electron chi connectivity index (χ4n) is 3.76. The molecule has 3 aromatic carbocycles. The van der Waals surface area contributed by atoms with Gasteiger partial charge in [-0.2, -0.15) is 0 Å². The first-order chi connectivity index (χ1) is 19.3. The Balaban J connectivity index is 1.88. The van der Waals surface area contributed by atoms with Crippen LogP contribution in [0.15, 0.2) is 84.9 Å². The van der Waals surface area contributed by atoms with Crippen LogP contribution in [0.5, 0.6) is 5.75 Å². The third-order valence-electron chi connectivity index (χ3n) is 5.66. The quantitative estimate of drug-likeness (QED) is 0.136. The largest absolute Gasteiger partial charge is 0.491 e. The molecule has 2 atom stereocenters. The SMILES string of the molecule is CCO[C@H](/C=C/C(=O)Nc1ccccc1N)[C@H](OC(=O)Nc1ccc(C(C)=O)cc1)c1ccccc1OCCO. The van der Waals surface area contributed by atoms with E-state index in [0.29, 0.717) is 33.9 Å². The number of aliphatic hydroxyl groups is 1. The predicted molar refractivity (Wildman–Crippen MR) is 152 cm³/mol. The Morgan fingerprint density at radius 3 is 2.35 bits per heavy atom. The molecule has 3 rings (SSSR count). The summed E-state index contributed by atoms with van der Waals surface area (Å²) in [4.78, 5) is 37.2. The predicted octanol–water partition coefficient (Wildman–Crippen LogP) is 4.73. The van der Waals surface area contributed by atoms with Crippen LogP contribution in [0.2, 0.25) is 0 Å². The van der Waals surface area contributed by atoms with E-state index in [0.717, 1.165) is 0 Å². The van der Waals surface area contributed by atoms with Crippen molar-refractivity contribution in [2.45, 2.75) is 26.1 Å². The number of ketones is 1. The van der Waals surface area contributed by atoms with Crippen LogP contribution >= 0.6 is 0 Å². The van der Waals surface area contributed by atoms with Gasteiger partial charge in [-0.3, -0.25) is 14.9 Å². The van der Waals surface area contributed by atoms with Crippen LogP contribution in [0.1, 0.15) is 35.9 Å². The molecule has 0 aliphatic rings. The second-order valence-electron chi connectivity index (χ2n) is 8.55. The Morgan fingerprint density at radius 2 is 1.68 bits per heavy atom. The van der Waals surface area contributed by atoms with Gasteiger partial charge in [-0.05, 0) is 62.4 Å². The van der Waals surface area contributed by atoms with Crippen LogP contribution in [0.3, 0.4) is 0 Å². The highest BCUT2D eigenvalue weighted by Gasteiger charge is 2.29. The minimum absolute atomic E-state index is 0.0223. The third kappa shape index (κ3) is 8.69. The van der Waals surface area contributed by atoms with E-state index in [9.17, 15) is 19.5 Å². The van der Waals surface area contributed by atoms with E-state index < -0.39 is 24.2 Å². The average Bonchev–Trinajstić information content (AvgIpc) is 2.95. The minimum Gasteiger partial charge on any atom is -0.491 e. The van der Waals surface area contributed by atoms with Gasteiger partial charge in [-0.25, -0.2) is 4.79 Å². The minimum atomic E-state index is -1.04. The Kier molecular flexibility index (Phi) is 11.2. The van der Waals surface area contributed by atoms with Crippen LogP contribution in [0.25, 0.3) is 0 Å². The number of benzene rings is 3. The molecule has 2 amide bonds. The van der Waals surface area contributed by atoms with Gasteiger partial charge in [0.1, 0.15) is 18.5 Å². The molecule has 0 saturated heterocycles. The Labute approximate surface area is 232 Å². The molecule has 10 heteroatoms. The number of nitrogen functional groups attached to an aromatic ring is 1. The summed E-state index contributed by atoms with van der Waals surface area (Å²) in [5, 5.41) is 14.6. The lowest BCUT2D eigenvalue weighted by Crippen LogP contribution is -2.28. The van der Waals surface area contributed by atoms with Gasteiger partial charge in [0.25, 0.3) is 0 Å². The zero-order valence-electron chi connectivity index (χ0n) is 22.3.